The number of nitrogens with one attached hydrogen (secondary N) is 1. The maximum Gasteiger partial charge on any atom is 0.0544 e. The van der Waals surface area contributed by atoms with Crippen LogP contribution in [0.2, 0.25) is 0 Å². The molecule has 8 aromatic rings. The van der Waals surface area contributed by atoms with Crippen LogP contribution in [0.4, 0.5) is 34.1 Å². The SMILES string of the molecule is Cc1ccc2[nH]c3c(-c4cc(N(c5ccccc5)c5ccccc5)cc(N(c5ccccc5)c5ccccc5)c4)cc(C)cc3c2c1. The number of hydrogen-bond donors (Lipinski definition) is 1. The number of aromatic nitrogens is 1. The van der Waals surface area contributed by atoms with Crippen LogP contribution in [-0.2, 0) is 0 Å². The lowest BCUT2D eigenvalue weighted by Gasteiger charge is -2.30. The van der Waals surface area contributed by atoms with Crippen LogP contribution in [0.3, 0.4) is 0 Å². The van der Waals surface area contributed by atoms with E-state index in [1.54, 1.807) is 0 Å². The van der Waals surface area contributed by atoms with Crippen LogP contribution >= 0.6 is 0 Å². The van der Waals surface area contributed by atoms with Crippen molar-refractivity contribution < 1.29 is 0 Å². The Morgan fingerprint density at radius 3 is 1.30 bits per heavy atom. The Bertz CT molecular complexity index is 2130. The number of aryl methyl sites for hydroxylation is 2. The molecule has 0 aliphatic rings. The predicted molar refractivity (Wildman–Crippen MR) is 200 cm³/mol. The Kier molecular flexibility index (Phi) is 7.28. The van der Waals surface area contributed by atoms with Gasteiger partial charge in [-0.15, -0.1) is 0 Å². The van der Waals surface area contributed by atoms with Gasteiger partial charge in [-0.05, 0) is 116 Å². The van der Waals surface area contributed by atoms with Crippen LogP contribution in [0.1, 0.15) is 11.1 Å². The molecule has 0 fully saturated rings. The summed E-state index contributed by atoms with van der Waals surface area (Å²) in [5.74, 6) is 0. The summed E-state index contributed by atoms with van der Waals surface area (Å²) in [6.07, 6.45) is 0. The Balaban J connectivity index is 1.44. The smallest absolute Gasteiger partial charge is 0.0544 e. The molecule has 0 aliphatic carbocycles. The highest BCUT2D eigenvalue weighted by Crippen LogP contribution is 2.44. The Morgan fingerprint density at radius 2 is 0.830 bits per heavy atom. The molecule has 3 heteroatoms. The maximum atomic E-state index is 3.80. The van der Waals surface area contributed by atoms with Gasteiger partial charge in [0.15, 0.2) is 0 Å². The van der Waals surface area contributed by atoms with E-state index >= 15 is 0 Å². The fourth-order valence-electron chi connectivity index (χ4n) is 6.70. The predicted octanol–water partition coefficient (Wildman–Crippen LogP) is 12.5. The zero-order valence-corrected chi connectivity index (χ0v) is 26.6. The van der Waals surface area contributed by atoms with Crippen molar-refractivity contribution in [2.45, 2.75) is 13.8 Å². The zero-order valence-electron chi connectivity index (χ0n) is 26.6. The molecule has 0 spiro atoms. The van der Waals surface area contributed by atoms with E-state index in [4.69, 9.17) is 0 Å². The third kappa shape index (κ3) is 5.43. The summed E-state index contributed by atoms with van der Waals surface area (Å²) in [5.41, 5.74) is 13.7. The van der Waals surface area contributed by atoms with Crippen molar-refractivity contribution >= 4 is 55.9 Å². The molecule has 0 bridgehead atoms. The van der Waals surface area contributed by atoms with E-state index in [1.807, 2.05) is 0 Å². The van der Waals surface area contributed by atoms with Crippen LogP contribution in [0.5, 0.6) is 0 Å². The van der Waals surface area contributed by atoms with E-state index in [1.165, 1.54) is 27.5 Å². The number of benzene rings is 7. The Labute approximate surface area is 276 Å². The van der Waals surface area contributed by atoms with Gasteiger partial charge >= 0.3 is 0 Å². The number of para-hydroxylation sites is 4. The standard InChI is InChI=1S/C44H35N3/c1-31-23-24-43-41(25-31)42-27-32(2)26-40(44(42)45-43)33-28-38(46(34-15-7-3-8-16-34)35-17-9-4-10-18-35)30-39(29-33)47(36-19-11-5-12-20-36)37-21-13-6-14-22-37/h3-30,45H,1-2H3. The van der Waals surface area contributed by atoms with Gasteiger partial charge < -0.3 is 14.8 Å². The molecule has 0 unspecified atom stereocenters. The fourth-order valence-corrected chi connectivity index (χ4v) is 6.70. The van der Waals surface area contributed by atoms with Crippen LogP contribution in [0.25, 0.3) is 32.9 Å². The third-order valence-electron chi connectivity index (χ3n) is 8.80. The molecule has 1 aromatic heterocycles. The first-order valence-electron chi connectivity index (χ1n) is 16.1. The second-order valence-electron chi connectivity index (χ2n) is 12.2. The second-order valence-corrected chi connectivity index (χ2v) is 12.2. The van der Waals surface area contributed by atoms with Crippen molar-refractivity contribution in [3.63, 3.8) is 0 Å². The molecule has 0 radical (unpaired) electrons. The molecule has 0 aliphatic heterocycles. The summed E-state index contributed by atoms with van der Waals surface area (Å²) >= 11 is 0. The summed E-state index contributed by atoms with van der Waals surface area (Å²) in [4.78, 5) is 8.50. The third-order valence-corrected chi connectivity index (χ3v) is 8.80. The second kappa shape index (κ2) is 12.0. The Morgan fingerprint density at radius 1 is 0.383 bits per heavy atom. The van der Waals surface area contributed by atoms with E-state index in [-0.39, 0.29) is 0 Å². The highest BCUT2D eigenvalue weighted by Gasteiger charge is 2.20. The van der Waals surface area contributed by atoms with Crippen molar-refractivity contribution in [1.82, 2.24) is 4.98 Å². The lowest BCUT2D eigenvalue weighted by Crippen LogP contribution is -2.13. The largest absolute Gasteiger partial charge is 0.354 e. The molecule has 7 aromatic carbocycles. The van der Waals surface area contributed by atoms with E-state index in [0.717, 1.165) is 50.7 Å². The molecule has 8 rings (SSSR count). The number of hydrogen-bond acceptors (Lipinski definition) is 2. The lowest BCUT2D eigenvalue weighted by atomic mass is 9.97. The zero-order chi connectivity index (χ0) is 31.7. The highest BCUT2D eigenvalue weighted by molar-refractivity contribution is 6.12. The molecule has 0 amide bonds. The molecule has 1 N–H and O–H groups in total. The van der Waals surface area contributed by atoms with Crippen molar-refractivity contribution in [1.29, 1.82) is 0 Å². The van der Waals surface area contributed by atoms with Crippen LogP contribution < -0.4 is 9.80 Å². The molecule has 1 heterocycles. The summed E-state index contributed by atoms with van der Waals surface area (Å²) in [6, 6.07) is 60.8. The first kappa shape index (κ1) is 28.4. The molecular weight excluding hydrogens is 571 g/mol. The number of aromatic amines is 1. The van der Waals surface area contributed by atoms with E-state index in [0.29, 0.717) is 0 Å². The van der Waals surface area contributed by atoms with Gasteiger partial charge in [0.05, 0.1) is 5.52 Å². The van der Waals surface area contributed by atoms with Gasteiger partial charge in [0.25, 0.3) is 0 Å². The minimum Gasteiger partial charge on any atom is -0.354 e. The van der Waals surface area contributed by atoms with E-state index in [2.05, 4.69) is 198 Å². The minimum atomic E-state index is 1.08. The monoisotopic (exact) mass is 605 g/mol. The first-order valence-corrected chi connectivity index (χ1v) is 16.1. The van der Waals surface area contributed by atoms with Crippen LogP contribution in [0, 0.1) is 13.8 Å². The van der Waals surface area contributed by atoms with Crippen LogP contribution in [0.15, 0.2) is 170 Å². The summed E-state index contributed by atoms with van der Waals surface area (Å²) in [6.45, 7) is 4.36. The van der Waals surface area contributed by atoms with Gasteiger partial charge in [-0.25, -0.2) is 0 Å². The fraction of sp³-hybridized carbons (Fsp3) is 0.0455. The average Bonchev–Trinajstić information content (AvgIpc) is 3.47. The van der Waals surface area contributed by atoms with Crippen molar-refractivity contribution in [3.8, 4) is 11.1 Å². The quantitative estimate of drug-likeness (QED) is 0.195. The highest BCUT2D eigenvalue weighted by atomic mass is 15.2. The normalized spacial score (nSPS) is 11.2. The number of fused-ring (bicyclic) bond motifs is 3. The number of nitrogens with zero attached hydrogens (tertiary/aromatic N) is 2. The summed E-state index contributed by atoms with van der Waals surface area (Å²) in [5, 5.41) is 2.50. The summed E-state index contributed by atoms with van der Waals surface area (Å²) in [7, 11) is 0. The van der Waals surface area contributed by atoms with Gasteiger partial charge in [-0.3, -0.25) is 0 Å². The van der Waals surface area contributed by atoms with Gasteiger partial charge in [0.2, 0.25) is 0 Å². The van der Waals surface area contributed by atoms with Gasteiger partial charge in [0, 0.05) is 56.0 Å². The Hall–Kier alpha value is -6.06. The molecular formula is C44H35N3. The molecule has 0 saturated heterocycles. The molecule has 0 saturated carbocycles. The lowest BCUT2D eigenvalue weighted by molar-refractivity contribution is 1.25. The van der Waals surface area contributed by atoms with Gasteiger partial charge in [0.1, 0.15) is 0 Å². The van der Waals surface area contributed by atoms with Crippen LogP contribution in [-0.4, -0.2) is 4.98 Å². The minimum absolute atomic E-state index is 1.08. The number of anilines is 6. The van der Waals surface area contributed by atoms with Crippen molar-refractivity contribution in [2.24, 2.45) is 0 Å². The molecule has 3 nitrogen and oxygen atoms in total. The van der Waals surface area contributed by atoms with Gasteiger partial charge in [-0.1, -0.05) is 84.4 Å². The maximum absolute atomic E-state index is 3.80. The van der Waals surface area contributed by atoms with Gasteiger partial charge in [-0.2, -0.15) is 0 Å². The summed E-state index contributed by atoms with van der Waals surface area (Å²) < 4.78 is 0. The molecule has 47 heavy (non-hydrogen) atoms. The van der Waals surface area contributed by atoms with E-state index < -0.39 is 0 Å². The average molecular weight is 606 g/mol. The topological polar surface area (TPSA) is 22.3 Å². The first-order chi connectivity index (χ1) is 23.1. The van der Waals surface area contributed by atoms with E-state index in [9.17, 15) is 0 Å². The molecule has 226 valence electrons. The van der Waals surface area contributed by atoms with Crippen molar-refractivity contribution in [3.05, 3.63) is 181 Å². The number of rotatable bonds is 7. The molecule has 0 atom stereocenters. The van der Waals surface area contributed by atoms with Crippen molar-refractivity contribution in [2.75, 3.05) is 9.80 Å². The number of H-pyrrole nitrogens is 1.